The highest BCUT2D eigenvalue weighted by Crippen LogP contribution is 2.35. The lowest BCUT2D eigenvalue weighted by Gasteiger charge is -2.31. The molecule has 19 heavy (non-hydrogen) atoms. The van der Waals surface area contributed by atoms with Gasteiger partial charge in [0.15, 0.2) is 0 Å². The smallest absolute Gasteiger partial charge is 0.0409 e. The van der Waals surface area contributed by atoms with Crippen LogP contribution in [0, 0.1) is 0 Å². The number of benzene rings is 2. The first-order chi connectivity index (χ1) is 9.24. The second-order valence-electron chi connectivity index (χ2n) is 5.34. The number of hydrogen-bond acceptors (Lipinski definition) is 1. The van der Waals surface area contributed by atoms with Crippen LogP contribution in [0.3, 0.4) is 0 Å². The Balaban J connectivity index is 1.94. The molecule has 0 bridgehead atoms. The molecular formula is C17H18ClN. The van der Waals surface area contributed by atoms with Gasteiger partial charge in [-0.1, -0.05) is 48.0 Å². The van der Waals surface area contributed by atoms with Gasteiger partial charge >= 0.3 is 0 Å². The molecule has 2 heteroatoms. The maximum Gasteiger partial charge on any atom is 0.0409 e. The van der Waals surface area contributed by atoms with E-state index < -0.39 is 0 Å². The van der Waals surface area contributed by atoms with Crippen molar-refractivity contribution in [1.82, 2.24) is 0 Å². The van der Waals surface area contributed by atoms with E-state index in [1.165, 1.54) is 16.7 Å². The summed E-state index contributed by atoms with van der Waals surface area (Å²) in [6.45, 7) is 0. The van der Waals surface area contributed by atoms with Crippen LogP contribution in [0.25, 0.3) is 0 Å². The van der Waals surface area contributed by atoms with Gasteiger partial charge < -0.3 is 5.73 Å². The maximum absolute atomic E-state index is 6.35. The molecule has 0 fully saturated rings. The summed E-state index contributed by atoms with van der Waals surface area (Å²) in [5.74, 6) is 0.379. The number of rotatable bonds is 2. The minimum Gasteiger partial charge on any atom is -0.327 e. The topological polar surface area (TPSA) is 26.0 Å². The average molecular weight is 272 g/mol. The van der Waals surface area contributed by atoms with Crippen LogP contribution in [0.2, 0.25) is 5.02 Å². The quantitative estimate of drug-likeness (QED) is 0.880. The van der Waals surface area contributed by atoms with Crippen LogP contribution in [0.5, 0.6) is 0 Å². The summed E-state index contributed by atoms with van der Waals surface area (Å²) in [5, 5.41) is 0.811. The van der Waals surface area contributed by atoms with E-state index >= 15 is 0 Å². The van der Waals surface area contributed by atoms with E-state index in [1.807, 2.05) is 6.07 Å². The van der Waals surface area contributed by atoms with Gasteiger partial charge in [0.2, 0.25) is 0 Å². The lowest BCUT2D eigenvalue weighted by Crippen LogP contribution is -2.34. The fourth-order valence-electron chi connectivity index (χ4n) is 3.02. The van der Waals surface area contributed by atoms with Gasteiger partial charge in [-0.15, -0.1) is 0 Å². The van der Waals surface area contributed by atoms with Crippen LogP contribution >= 0.6 is 11.6 Å². The van der Waals surface area contributed by atoms with Gasteiger partial charge in [-0.2, -0.15) is 0 Å². The molecule has 0 spiro atoms. The Labute approximate surface area is 119 Å². The third-order valence-corrected chi connectivity index (χ3v) is 4.30. The molecule has 2 aromatic carbocycles. The van der Waals surface area contributed by atoms with E-state index in [1.54, 1.807) is 0 Å². The van der Waals surface area contributed by atoms with Crippen molar-refractivity contribution in [2.75, 3.05) is 0 Å². The Morgan fingerprint density at radius 1 is 1.11 bits per heavy atom. The van der Waals surface area contributed by atoms with Gasteiger partial charge in [0.1, 0.15) is 0 Å². The fraction of sp³-hybridized carbons (Fsp3) is 0.294. The molecule has 3 rings (SSSR count). The third-order valence-electron chi connectivity index (χ3n) is 4.07. The van der Waals surface area contributed by atoms with Crippen molar-refractivity contribution < 1.29 is 0 Å². The zero-order valence-electron chi connectivity index (χ0n) is 10.9. The van der Waals surface area contributed by atoms with Crippen molar-refractivity contribution in [3.05, 3.63) is 70.2 Å². The summed E-state index contributed by atoms with van der Waals surface area (Å²) in [6.07, 6.45) is 3.13. The highest BCUT2D eigenvalue weighted by Gasteiger charge is 2.27. The Bertz CT molecular complexity index is 565. The number of halogens is 1. The fourth-order valence-corrected chi connectivity index (χ4v) is 3.20. The lowest BCUT2D eigenvalue weighted by atomic mass is 9.76. The first-order valence-electron chi connectivity index (χ1n) is 6.82. The molecule has 0 saturated carbocycles. The second-order valence-corrected chi connectivity index (χ2v) is 5.78. The molecule has 2 N–H and O–H groups in total. The number of hydrogen-bond donors (Lipinski definition) is 1. The predicted octanol–water partition coefficient (Wildman–Crippen LogP) is 3.94. The van der Waals surface area contributed by atoms with E-state index in [0.29, 0.717) is 5.92 Å². The molecule has 0 aromatic heterocycles. The van der Waals surface area contributed by atoms with E-state index in [-0.39, 0.29) is 6.04 Å². The molecule has 98 valence electrons. The molecule has 1 aliphatic carbocycles. The molecule has 0 saturated heterocycles. The van der Waals surface area contributed by atoms with Crippen molar-refractivity contribution in [3.8, 4) is 0 Å². The van der Waals surface area contributed by atoms with Crippen LogP contribution in [0.1, 0.15) is 29.0 Å². The van der Waals surface area contributed by atoms with Crippen molar-refractivity contribution in [2.45, 2.75) is 31.2 Å². The molecule has 0 amide bonds. The van der Waals surface area contributed by atoms with Gasteiger partial charge in [0, 0.05) is 17.0 Å². The highest BCUT2D eigenvalue weighted by molar-refractivity contribution is 6.30. The summed E-state index contributed by atoms with van der Waals surface area (Å²) in [5.41, 5.74) is 10.4. The van der Waals surface area contributed by atoms with Crippen molar-refractivity contribution in [3.63, 3.8) is 0 Å². The van der Waals surface area contributed by atoms with Crippen LogP contribution in [-0.4, -0.2) is 6.04 Å². The third kappa shape index (κ3) is 2.68. The standard InChI is InChI=1S/C17H18ClN/c18-14-8-6-13-7-9-17(19)16(15(13)11-14)10-12-4-2-1-3-5-12/h1-6,8,11,16-17H,7,9-10,19H2/t16-,17+/m1/s1. The number of fused-ring (bicyclic) bond motifs is 1. The minimum absolute atomic E-state index is 0.228. The van der Waals surface area contributed by atoms with Crippen LogP contribution in [0.4, 0.5) is 0 Å². The second kappa shape index (κ2) is 5.36. The van der Waals surface area contributed by atoms with Gasteiger partial charge in [-0.3, -0.25) is 0 Å². The minimum atomic E-state index is 0.228. The summed E-state index contributed by atoms with van der Waals surface area (Å²) in [6, 6.07) is 17.0. The number of nitrogens with two attached hydrogens (primary N) is 1. The first-order valence-corrected chi connectivity index (χ1v) is 7.19. The Morgan fingerprint density at radius 3 is 2.68 bits per heavy atom. The summed E-state index contributed by atoms with van der Waals surface area (Å²) < 4.78 is 0. The zero-order valence-corrected chi connectivity index (χ0v) is 11.6. The summed E-state index contributed by atoms with van der Waals surface area (Å²) in [4.78, 5) is 0. The van der Waals surface area contributed by atoms with E-state index in [9.17, 15) is 0 Å². The van der Waals surface area contributed by atoms with Gasteiger partial charge in [-0.25, -0.2) is 0 Å². The van der Waals surface area contributed by atoms with E-state index in [2.05, 4.69) is 42.5 Å². The molecule has 0 heterocycles. The summed E-state index contributed by atoms with van der Waals surface area (Å²) in [7, 11) is 0. The Kier molecular flexibility index (Phi) is 3.58. The van der Waals surface area contributed by atoms with Crippen molar-refractivity contribution in [2.24, 2.45) is 5.73 Å². The molecule has 1 aliphatic rings. The lowest BCUT2D eigenvalue weighted by molar-refractivity contribution is 0.467. The van der Waals surface area contributed by atoms with Crippen LogP contribution in [0.15, 0.2) is 48.5 Å². The van der Waals surface area contributed by atoms with E-state index in [4.69, 9.17) is 17.3 Å². The monoisotopic (exact) mass is 271 g/mol. The maximum atomic E-state index is 6.35. The molecule has 0 unspecified atom stereocenters. The normalized spacial score (nSPS) is 22.0. The Hall–Kier alpha value is -1.31. The van der Waals surface area contributed by atoms with Gasteiger partial charge in [0.05, 0.1) is 0 Å². The van der Waals surface area contributed by atoms with E-state index in [0.717, 1.165) is 24.3 Å². The molecular weight excluding hydrogens is 254 g/mol. The summed E-state index contributed by atoms with van der Waals surface area (Å²) >= 11 is 6.15. The largest absolute Gasteiger partial charge is 0.327 e. The zero-order chi connectivity index (χ0) is 13.2. The van der Waals surface area contributed by atoms with Crippen LogP contribution < -0.4 is 5.73 Å². The Morgan fingerprint density at radius 2 is 1.89 bits per heavy atom. The highest BCUT2D eigenvalue weighted by atomic mass is 35.5. The molecule has 2 atom stereocenters. The SMILES string of the molecule is N[C@H]1CCc2ccc(Cl)cc2[C@H]1Cc1ccccc1. The molecule has 1 nitrogen and oxygen atoms in total. The average Bonchev–Trinajstić information content (AvgIpc) is 2.43. The number of aryl methyl sites for hydroxylation is 1. The molecule has 0 radical (unpaired) electrons. The van der Waals surface area contributed by atoms with Crippen molar-refractivity contribution >= 4 is 11.6 Å². The van der Waals surface area contributed by atoms with Crippen LogP contribution in [-0.2, 0) is 12.8 Å². The molecule has 2 aromatic rings. The first kappa shape index (κ1) is 12.7. The van der Waals surface area contributed by atoms with Crippen molar-refractivity contribution in [1.29, 1.82) is 0 Å². The van der Waals surface area contributed by atoms with Gasteiger partial charge in [0.25, 0.3) is 0 Å². The van der Waals surface area contributed by atoms with Gasteiger partial charge in [-0.05, 0) is 48.1 Å². The predicted molar refractivity (Wildman–Crippen MR) is 80.6 cm³/mol. The molecule has 0 aliphatic heterocycles.